The summed E-state index contributed by atoms with van der Waals surface area (Å²) >= 11 is 8.18. The van der Waals surface area contributed by atoms with Crippen LogP contribution in [0.15, 0.2) is 56.9 Å². The van der Waals surface area contributed by atoms with Gasteiger partial charge < -0.3 is 5.32 Å². The van der Waals surface area contributed by atoms with E-state index >= 15 is 0 Å². The predicted molar refractivity (Wildman–Crippen MR) is 95.4 cm³/mol. The van der Waals surface area contributed by atoms with Crippen LogP contribution < -0.4 is 5.32 Å². The van der Waals surface area contributed by atoms with Gasteiger partial charge in [0, 0.05) is 10.5 Å². The van der Waals surface area contributed by atoms with Gasteiger partial charge in [-0.1, -0.05) is 28.1 Å². The number of anilines is 1. The SMILES string of the molecule is O=C(Nc1ccnn1Cc1ccc(Br)cc1)c1ccc(Br)s1. The highest BCUT2D eigenvalue weighted by Crippen LogP contribution is 2.23. The molecule has 2 heterocycles. The maximum atomic E-state index is 12.2. The van der Waals surface area contributed by atoms with Gasteiger partial charge in [0.15, 0.2) is 0 Å². The van der Waals surface area contributed by atoms with E-state index in [-0.39, 0.29) is 5.91 Å². The smallest absolute Gasteiger partial charge is 0.266 e. The van der Waals surface area contributed by atoms with Crippen LogP contribution in [0.25, 0.3) is 0 Å². The highest BCUT2D eigenvalue weighted by Gasteiger charge is 2.11. The van der Waals surface area contributed by atoms with Crippen LogP contribution in [-0.4, -0.2) is 15.7 Å². The van der Waals surface area contributed by atoms with Crippen LogP contribution in [0.4, 0.5) is 5.82 Å². The van der Waals surface area contributed by atoms with Crippen molar-refractivity contribution in [1.82, 2.24) is 9.78 Å². The fourth-order valence-electron chi connectivity index (χ4n) is 1.94. The number of rotatable bonds is 4. The Labute approximate surface area is 148 Å². The molecule has 0 fully saturated rings. The molecule has 1 N–H and O–H groups in total. The van der Waals surface area contributed by atoms with E-state index in [2.05, 4.69) is 42.3 Å². The Morgan fingerprint density at radius 3 is 2.59 bits per heavy atom. The van der Waals surface area contributed by atoms with Crippen molar-refractivity contribution in [3.05, 3.63) is 67.4 Å². The van der Waals surface area contributed by atoms with E-state index in [1.54, 1.807) is 23.0 Å². The molecule has 0 unspecified atom stereocenters. The van der Waals surface area contributed by atoms with E-state index in [0.717, 1.165) is 13.8 Å². The largest absolute Gasteiger partial charge is 0.306 e. The van der Waals surface area contributed by atoms with E-state index in [1.165, 1.54) is 11.3 Å². The average Bonchev–Trinajstić information content (AvgIpc) is 3.11. The number of hydrogen-bond donors (Lipinski definition) is 1. The van der Waals surface area contributed by atoms with Crippen molar-refractivity contribution in [2.24, 2.45) is 0 Å². The third kappa shape index (κ3) is 3.66. The first-order valence-electron chi connectivity index (χ1n) is 6.45. The average molecular weight is 441 g/mol. The fraction of sp³-hybridized carbons (Fsp3) is 0.0667. The number of amides is 1. The van der Waals surface area contributed by atoms with Gasteiger partial charge in [-0.2, -0.15) is 5.10 Å². The molecule has 1 aromatic carbocycles. The van der Waals surface area contributed by atoms with E-state index in [0.29, 0.717) is 17.2 Å². The molecule has 0 aliphatic rings. The molecule has 0 aliphatic heterocycles. The Kier molecular flexibility index (Phi) is 4.75. The van der Waals surface area contributed by atoms with Gasteiger partial charge in [-0.3, -0.25) is 4.79 Å². The van der Waals surface area contributed by atoms with Crippen molar-refractivity contribution in [3.8, 4) is 0 Å². The molecule has 1 amide bonds. The molecule has 3 rings (SSSR count). The van der Waals surface area contributed by atoms with Crippen molar-refractivity contribution >= 4 is 54.9 Å². The lowest BCUT2D eigenvalue weighted by Gasteiger charge is -2.08. The van der Waals surface area contributed by atoms with E-state index in [9.17, 15) is 4.79 Å². The van der Waals surface area contributed by atoms with Gasteiger partial charge in [0.25, 0.3) is 5.91 Å². The Bertz CT molecular complexity index is 795. The van der Waals surface area contributed by atoms with Crippen LogP contribution >= 0.6 is 43.2 Å². The number of nitrogens with one attached hydrogen (secondary N) is 1. The summed E-state index contributed by atoms with van der Waals surface area (Å²) in [7, 11) is 0. The number of benzene rings is 1. The molecule has 0 spiro atoms. The van der Waals surface area contributed by atoms with Gasteiger partial charge in [-0.15, -0.1) is 11.3 Å². The van der Waals surface area contributed by atoms with E-state index < -0.39 is 0 Å². The second kappa shape index (κ2) is 6.76. The lowest BCUT2D eigenvalue weighted by molar-refractivity contribution is 0.102. The normalized spacial score (nSPS) is 10.6. The lowest BCUT2D eigenvalue weighted by atomic mass is 10.2. The Hall–Kier alpha value is -1.44. The topological polar surface area (TPSA) is 46.9 Å². The number of aromatic nitrogens is 2. The number of halogens is 2. The summed E-state index contributed by atoms with van der Waals surface area (Å²) in [6.45, 7) is 0.601. The first-order chi connectivity index (χ1) is 10.6. The van der Waals surface area contributed by atoms with Gasteiger partial charge in [0.1, 0.15) is 5.82 Å². The van der Waals surface area contributed by atoms with Gasteiger partial charge in [0.05, 0.1) is 21.4 Å². The molecule has 3 aromatic rings. The Morgan fingerprint density at radius 1 is 1.14 bits per heavy atom. The molecule has 0 atom stereocenters. The van der Waals surface area contributed by atoms with Crippen molar-refractivity contribution in [3.63, 3.8) is 0 Å². The van der Waals surface area contributed by atoms with Crippen LogP contribution in [0.5, 0.6) is 0 Å². The number of thiophene rings is 1. The quantitative estimate of drug-likeness (QED) is 0.635. The first-order valence-corrected chi connectivity index (χ1v) is 8.85. The zero-order chi connectivity index (χ0) is 15.5. The molecule has 0 aliphatic carbocycles. The van der Waals surface area contributed by atoms with Gasteiger partial charge in [-0.25, -0.2) is 4.68 Å². The maximum Gasteiger partial charge on any atom is 0.266 e. The summed E-state index contributed by atoms with van der Waals surface area (Å²) in [5.74, 6) is 0.547. The number of hydrogen-bond acceptors (Lipinski definition) is 3. The summed E-state index contributed by atoms with van der Waals surface area (Å²) in [5.41, 5.74) is 1.11. The second-order valence-corrected chi connectivity index (χ2v) is 7.94. The third-order valence-electron chi connectivity index (χ3n) is 3.00. The molecule has 0 radical (unpaired) electrons. The highest BCUT2D eigenvalue weighted by molar-refractivity contribution is 9.11. The summed E-state index contributed by atoms with van der Waals surface area (Å²) in [6, 6.07) is 13.5. The predicted octanol–water partition coefficient (Wildman–Crippen LogP) is 4.77. The van der Waals surface area contributed by atoms with Crippen LogP contribution in [-0.2, 0) is 6.54 Å². The van der Waals surface area contributed by atoms with Crippen molar-refractivity contribution in [2.45, 2.75) is 6.54 Å². The minimum atomic E-state index is -0.131. The zero-order valence-corrected chi connectivity index (χ0v) is 15.3. The maximum absolute atomic E-state index is 12.2. The van der Waals surface area contributed by atoms with Gasteiger partial charge in [-0.05, 0) is 45.8 Å². The van der Waals surface area contributed by atoms with Crippen LogP contribution in [0.2, 0.25) is 0 Å². The minimum absolute atomic E-state index is 0.131. The standard InChI is InChI=1S/C15H11Br2N3OS/c16-11-3-1-10(2-4-11)9-20-14(7-8-18-20)19-15(21)12-5-6-13(17)22-12/h1-8H,9H2,(H,19,21). The number of nitrogens with zero attached hydrogens (tertiary/aromatic N) is 2. The molecule has 0 bridgehead atoms. The molecule has 7 heteroatoms. The first kappa shape index (κ1) is 15.5. The molecule has 112 valence electrons. The monoisotopic (exact) mass is 439 g/mol. The number of carbonyl (C=O) groups is 1. The molecule has 2 aromatic heterocycles. The summed E-state index contributed by atoms with van der Waals surface area (Å²) in [4.78, 5) is 12.9. The van der Waals surface area contributed by atoms with Crippen molar-refractivity contribution < 1.29 is 4.79 Å². The zero-order valence-electron chi connectivity index (χ0n) is 11.3. The van der Waals surface area contributed by atoms with Gasteiger partial charge in [0.2, 0.25) is 0 Å². The Balaban J connectivity index is 1.74. The molecule has 4 nitrogen and oxygen atoms in total. The van der Waals surface area contributed by atoms with Crippen LogP contribution in [0, 0.1) is 0 Å². The molecular weight excluding hydrogens is 430 g/mol. The number of carbonyl (C=O) groups excluding carboxylic acids is 1. The summed E-state index contributed by atoms with van der Waals surface area (Å²) in [5, 5.41) is 7.16. The van der Waals surface area contributed by atoms with E-state index in [4.69, 9.17) is 0 Å². The Morgan fingerprint density at radius 2 is 1.91 bits per heavy atom. The van der Waals surface area contributed by atoms with Crippen LogP contribution in [0.1, 0.15) is 15.2 Å². The highest BCUT2D eigenvalue weighted by atomic mass is 79.9. The third-order valence-corrected chi connectivity index (χ3v) is 5.15. The summed E-state index contributed by atoms with van der Waals surface area (Å²) < 4.78 is 3.73. The molecule has 22 heavy (non-hydrogen) atoms. The van der Waals surface area contributed by atoms with Crippen LogP contribution in [0.3, 0.4) is 0 Å². The van der Waals surface area contributed by atoms with Crippen molar-refractivity contribution in [2.75, 3.05) is 5.32 Å². The summed E-state index contributed by atoms with van der Waals surface area (Å²) in [6.07, 6.45) is 1.68. The lowest BCUT2D eigenvalue weighted by Crippen LogP contribution is -2.15. The fourth-order valence-corrected chi connectivity index (χ4v) is 3.49. The molecule has 0 saturated carbocycles. The second-order valence-electron chi connectivity index (χ2n) is 4.56. The molecular formula is C15H11Br2N3OS. The van der Waals surface area contributed by atoms with Crippen molar-refractivity contribution in [1.29, 1.82) is 0 Å². The molecule has 0 saturated heterocycles. The van der Waals surface area contributed by atoms with Gasteiger partial charge >= 0.3 is 0 Å². The minimum Gasteiger partial charge on any atom is -0.306 e. The van der Waals surface area contributed by atoms with E-state index in [1.807, 2.05) is 30.3 Å².